The molecule has 0 aliphatic heterocycles. The number of ether oxygens (including phenoxy) is 2. The van der Waals surface area contributed by atoms with E-state index < -0.39 is 11.5 Å². The zero-order valence-corrected chi connectivity index (χ0v) is 19.0. The number of rotatable bonds is 5. The Morgan fingerprint density at radius 3 is 2.21 bits per heavy atom. The lowest BCUT2D eigenvalue weighted by Gasteiger charge is -2.50. The van der Waals surface area contributed by atoms with Crippen molar-refractivity contribution >= 4 is 15.9 Å². The van der Waals surface area contributed by atoms with E-state index in [-0.39, 0.29) is 12.2 Å². The van der Waals surface area contributed by atoms with E-state index >= 15 is 0 Å². The molecule has 3 nitrogen and oxygen atoms in total. The molecule has 1 saturated carbocycles. The molecule has 0 aromatic heterocycles. The van der Waals surface area contributed by atoms with Crippen LogP contribution < -0.4 is 0 Å². The normalized spacial score (nSPS) is 26.2. The Balaban J connectivity index is 2.23. The van der Waals surface area contributed by atoms with E-state index in [9.17, 15) is 5.11 Å². The highest BCUT2D eigenvalue weighted by Gasteiger charge is 2.52. The van der Waals surface area contributed by atoms with Gasteiger partial charge in [0.25, 0.3) is 0 Å². The maximum absolute atomic E-state index is 11.8. The highest BCUT2D eigenvalue weighted by atomic mass is 79.9. The van der Waals surface area contributed by atoms with Gasteiger partial charge in [0.2, 0.25) is 0 Å². The van der Waals surface area contributed by atoms with E-state index in [2.05, 4.69) is 48.8 Å². The van der Waals surface area contributed by atoms with Crippen molar-refractivity contribution in [1.29, 1.82) is 0 Å². The third-order valence-electron chi connectivity index (χ3n) is 6.52. The minimum Gasteiger partial charge on any atom is -0.387 e. The van der Waals surface area contributed by atoms with Crippen LogP contribution in [0.25, 0.3) is 0 Å². The minimum atomic E-state index is -0.690. The fraction of sp³-hybridized carbons (Fsp3) is 0.500. The van der Waals surface area contributed by atoms with Crippen LogP contribution in [0.1, 0.15) is 53.2 Å². The highest BCUT2D eigenvalue weighted by molar-refractivity contribution is 9.10. The lowest BCUT2D eigenvalue weighted by molar-refractivity contribution is -0.100. The molecule has 0 radical (unpaired) electrons. The average Bonchev–Trinajstić information content (AvgIpc) is 2.70. The maximum Gasteiger partial charge on any atom is 0.0912 e. The number of hydrogen-bond acceptors (Lipinski definition) is 3. The summed E-state index contributed by atoms with van der Waals surface area (Å²) in [6.07, 6.45) is 1.84. The summed E-state index contributed by atoms with van der Waals surface area (Å²) in [5.74, 6) is 0. The highest BCUT2D eigenvalue weighted by Crippen LogP contribution is 2.51. The van der Waals surface area contributed by atoms with E-state index in [1.54, 1.807) is 14.2 Å². The van der Waals surface area contributed by atoms with Gasteiger partial charge in [-0.1, -0.05) is 40.2 Å². The number of benzene rings is 2. The van der Waals surface area contributed by atoms with Crippen molar-refractivity contribution in [2.45, 2.75) is 63.8 Å². The molecule has 1 fully saturated rings. The average molecular weight is 447 g/mol. The quantitative estimate of drug-likeness (QED) is 0.652. The lowest BCUT2D eigenvalue weighted by Crippen LogP contribution is -2.52. The van der Waals surface area contributed by atoms with Gasteiger partial charge < -0.3 is 14.6 Å². The first-order valence-electron chi connectivity index (χ1n) is 9.91. The van der Waals surface area contributed by atoms with Crippen LogP contribution >= 0.6 is 15.9 Å². The summed E-state index contributed by atoms with van der Waals surface area (Å²) in [5.41, 5.74) is 5.20. The van der Waals surface area contributed by atoms with E-state index in [4.69, 9.17) is 9.47 Å². The van der Waals surface area contributed by atoms with Crippen molar-refractivity contribution in [2.24, 2.45) is 0 Å². The summed E-state index contributed by atoms with van der Waals surface area (Å²) in [6.45, 7) is 6.41. The largest absolute Gasteiger partial charge is 0.387 e. The first-order valence-corrected chi connectivity index (χ1v) is 10.7. The van der Waals surface area contributed by atoms with Crippen molar-refractivity contribution in [1.82, 2.24) is 0 Å². The number of methoxy groups -OCH3 is 2. The van der Waals surface area contributed by atoms with Crippen LogP contribution in [-0.2, 0) is 14.9 Å². The van der Waals surface area contributed by atoms with Gasteiger partial charge >= 0.3 is 0 Å². The van der Waals surface area contributed by atoms with Gasteiger partial charge in [0, 0.05) is 18.7 Å². The van der Waals surface area contributed by atoms with Gasteiger partial charge in [0.1, 0.15) is 0 Å². The Labute approximate surface area is 177 Å². The van der Waals surface area contributed by atoms with Crippen molar-refractivity contribution in [3.05, 3.63) is 68.7 Å². The number of hydrogen-bond donors (Lipinski definition) is 1. The molecule has 1 aliphatic carbocycles. The summed E-state index contributed by atoms with van der Waals surface area (Å²) in [4.78, 5) is 0. The van der Waals surface area contributed by atoms with Crippen molar-refractivity contribution in [2.75, 3.05) is 14.2 Å². The van der Waals surface area contributed by atoms with E-state index in [0.717, 1.165) is 29.3 Å². The van der Waals surface area contributed by atoms with Crippen LogP contribution in [0.5, 0.6) is 0 Å². The molecule has 2 aromatic rings. The summed E-state index contributed by atoms with van der Waals surface area (Å²) in [6, 6.07) is 12.4. The second-order valence-electron chi connectivity index (χ2n) is 8.11. The Bertz CT molecular complexity index is 817. The smallest absolute Gasteiger partial charge is 0.0912 e. The summed E-state index contributed by atoms with van der Waals surface area (Å²) >= 11 is 3.50. The predicted octanol–water partition coefficient (Wildman–Crippen LogP) is 5.56. The summed E-state index contributed by atoms with van der Waals surface area (Å²) in [5, 5.41) is 11.8. The van der Waals surface area contributed by atoms with Gasteiger partial charge in [-0.15, -0.1) is 0 Å². The second kappa shape index (κ2) is 8.66. The van der Waals surface area contributed by atoms with Gasteiger partial charge in [0.15, 0.2) is 0 Å². The third-order valence-corrected chi connectivity index (χ3v) is 7.05. The van der Waals surface area contributed by atoms with Gasteiger partial charge in [0.05, 0.1) is 23.7 Å². The number of halogens is 1. The van der Waals surface area contributed by atoms with Crippen molar-refractivity contribution in [3.8, 4) is 0 Å². The molecule has 0 amide bonds. The van der Waals surface area contributed by atoms with Gasteiger partial charge in [-0.05, 0) is 80.0 Å². The third kappa shape index (κ3) is 3.80. The Morgan fingerprint density at radius 1 is 0.964 bits per heavy atom. The Kier molecular flexibility index (Phi) is 6.65. The summed E-state index contributed by atoms with van der Waals surface area (Å²) < 4.78 is 12.8. The van der Waals surface area contributed by atoms with Crippen LogP contribution in [-0.4, -0.2) is 31.5 Å². The fourth-order valence-corrected chi connectivity index (χ4v) is 5.12. The zero-order valence-electron chi connectivity index (χ0n) is 17.5. The van der Waals surface area contributed by atoms with Crippen LogP contribution in [0.4, 0.5) is 0 Å². The molecule has 0 heterocycles. The molecule has 28 heavy (non-hydrogen) atoms. The first kappa shape index (κ1) is 21.5. The molecule has 1 aliphatic rings. The van der Waals surface area contributed by atoms with E-state index in [1.807, 2.05) is 24.3 Å². The van der Waals surface area contributed by atoms with Crippen molar-refractivity contribution in [3.63, 3.8) is 0 Å². The van der Waals surface area contributed by atoms with Gasteiger partial charge in [-0.3, -0.25) is 0 Å². The monoisotopic (exact) mass is 446 g/mol. The van der Waals surface area contributed by atoms with E-state index in [0.29, 0.717) is 0 Å². The molecule has 4 heteroatoms. The Hall–Kier alpha value is -1.20. The molecular weight excluding hydrogens is 416 g/mol. The fourth-order valence-electron chi connectivity index (χ4n) is 4.86. The number of aliphatic hydroxyl groups excluding tert-OH is 1. The second-order valence-corrected chi connectivity index (χ2v) is 9.03. The van der Waals surface area contributed by atoms with Gasteiger partial charge in [-0.25, -0.2) is 0 Å². The number of aliphatic hydroxyl groups is 1. The number of aryl methyl sites for hydroxylation is 3. The SMILES string of the molecule is COC1CCC(OC)C(c2cc(C)c(C)cc2C)(C(O)c2ccc(Br)cc2)C1. The molecule has 0 bridgehead atoms. The predicted molar refractivity (Wildman–Crippen MR) is 117 cm³/mol. The molecule has 1 N–H and O–H groups in total. The molecular formula is C24H31BrO3. The lowest BCUT2D eigenvalue weighted by atomic mass is 9.60. The Morgan fingerprint density at radius 2 is 1.61 bits per heavy atom. The molecule has 3 rings (SSSR count). The standard InChI is InChI=1S/C24H31BrO3/c1-15-12-17(3)21(13-16(15)2)24(14-20(27-4)10-11-22(24)28-5)23(26)18-6-8-19(25)9-7-18/h6-9,12-13,20,22-23,26H,10-11,14H2,1-5H3. The van der Waals surface area contributed by atoms with Gasteiger partial charge in [-0.2, -0.15) is 0 Å². The van der Waals surface area contributed by atoms with Crippen LogP contribution in [0.2, 0.25) is 0 Å². The molecule has 2 aromatic carbocycles. The summed E-state index contributed by atoms with van der Waals surface area (Å²) in [7, 11) is 3.53. The van der Waals surface area contributed by atoms with E-state index in [1.165, 1.54) is 22.3 Å². The molecule has 4 atom stereocenters. The molecule has 0 spiro atoms. The molecule has 152 valence electrons. The first-order chi connectivity index (χ1) is 13.3. The van der Waals surface area contributed by atoms with Crippen LogP contribution in [0.3, 0.4) is 0 Å². The van der Waals surface area contributed by atoms with Crippen molar-refractivity contribution < 1.29 is 14.6 Å². The zero-order chi connectivity index (χ0) is 20.5. The van der Waals surface area contributed by atoms with Crippen LogP contribution in [0.15, 0.2) is 40.9 Å². The minimum absolute atomic E-state index is 0.0849. The molecule has 0 saturated heterocycles. The topological polar surface area (TPSA) is 38.7 Å². The van der Waals surface area contributed by atoms with Crippen LogP contribution in [0, 0.1) is 20.8 Å². The molecule has 4 unspecified atom stereocenters. The maximum atomic E-state index is 11.8.